The second-order valence-corrected chi connectivity index (χ2v) is 8.04. The highest BCUT2D eigenvalue weighted by Gasteiger charge is 2.11. The number of nitrogens with one attached hydrogen (secondary N) is 1. The van der Waals surface area contributed by atoms with Gasteiger partial charge in [0.2, 0.25) is 5.91 Å². The minimum absolute atomic E-state index is 0.00153. The normalized spacial score (nSPS) is 11.0. The highest BCUT2D eigenvalue weighted by atomic mass is 16.1. The number of benzene rings is 2. The second-order valence-electron chi connectivity index (χ2n) is 8.04. The molecule has 0 aliphatic carbocycles. The Labute approximate surface area is 197 Å². The molecule has 0 atom stereocenters. The number of aryl methyl sites for hydroxylation is 2. The molecule has 0 bridgehead atoms. The van der Waals surface area contributed by atoms with Gasteiger partial charge in [-0.25, -0.2) is 0 Å². The van der Waals surface area contributed by atoms with Crippen LogP contribution in [0.25, 0.3) is 28.3 Å². The maximum absolute atomic E-state index is 12.4. The Bertz CT molecular complexity index is 1410. The Kier molecular flexibility index (Phi) is 6.07. The molecule has 2 aromatic carbocycles. The fraction of sp³-hybridized carbons (Fsp3) is 0.148. The van der Waals surface area contributed by atoms with Gasteiger partial charge in [0.15, 0.2) is 11.5 Å². The predicted molar refractivity (Wildman–Crippen MR) is 132 cm³/mol. The number of nitrogens with zero attached hydrogens (tertiary/aromatic N) is 5. The minimum Gasteiger partial charge on any atom is -0.326 e. The number of amides is 1. The molecule has 0 fully saturated rings. The molecule has 3 aromatic heterocycles. The van der Waals surface area contributed by atoms with Crippen LogP contribution in [-0.2, 0) is 17.6 Å². The third-order valence-electron chi connectivity index (χ3n) is 5.74. The third kappa shape index (κ3) is 4.68. The lowest BCUT2D eigenvalue weighted by molar-refractivity contribution is -0.116. The molecule has 0 saturated heterocycles. The van der Waals surface area contributed by atoms with Crippen molar-refractivity contribution in [1.82, 2.24) is 24.8 Å². The molecule has 7 nitrogen and oxygen atoms in total. The van der Waals surface area contributed by atoms with Gasteiger partial charge in [0.1, 0.15) is 0 Å². The summed E-state index contributed by atoms with van der Waals surface area (Å²) >= 11 is 0. The van der Waals surface area contributed by atoms with E-state index in [1.165, 1.54) is 11.1 Å². The first-order valence-corrected chi connectivity index (χ1v) is 11.3. The zero-order chi connectivity index (χ0) is 23.3. The summed E-state index contributed by atoms with van der Waals surface area (Å²) in [5.74, 6) is 0.658. The maximum Gasteiger partial charge on any atom is 0.224 e. The third-order valence-corrected chi connectivity index (χ3v) is 5.74. The molecule has 34 heavy (non-hydrogen) atoms. The minimum atomic E-state index is -0.00153. The van der Waals surface area contributed by atoms with Crippen molar-refractivity contribution in [3.8, 4) is 22.6 Å². The predicted octanol–water partition coefficient (Wildman–Crippen LogP) is 4.99. The Morgan fingerprint density at radius 3 is 2.29 bits per heavy atom. The summed E-state index contributed by atoms with van der Waals surface area (Å²) in [6.07, 6.45) is 5.61. The van der Waals surface area contributed by atoms with E-state index in [1.807, 2.05) is 48.5 Å². The Hall–Kier alpha value is -4.39. The van der Waals surface area contributed by atoms with Crippen LogP contribution in [0.4, 0.5) is 5.69 Å². The molecule has 0 aliphatic rings. The number of anilines is 1. The molecule has 7 heteroatoms. The summed E-state index contributed by atoms with van der Waals surface area (Å²) in [6, 6.07) is 23.7. The number of aromatic nitrogens is 5. The summed E-state index contributed by atoms with van der Waals surface area (Å²) in [6.45, 7) is 2.14. The van der Waals surface area contributed by atoms with Gasteiger partial charge < -0.3 is 5.32 Å². The molecule has 5 rings (SSSR count). The summed E-state index contributed by atoms with van der Waals surface area (Å²) in [5.41, 5.74) is 6.53. The number of hydrogen-bond donors (Lipinski definition) is 1. The monoisotopic (exact) mass is 448 g/mol. The van der Waals surface area contributed by atoms with Crippen molar-refractivity contribution in [3.05, 3.63) is 96.3 Å². The van der Waals surface area contributed by atoms with Crippen LogP contribution in [0.3, 0.4) is 0 Å². The second kappa shape index (κ2) is 9.62. The van der Waals surface area contributed by atoms with Crippen molar-refractivity contribution in [1.29, 1.82) is 0 Å². The van der Waals surface area contributed by atoms with E-state index in [9.17, 15) is 4.79 Å². The van der Waals surface area contributed by atoms with Gasteiger partial charge >= 0.3 is 0 Å². The number of carbonyl (C=O) groups is 1. The zero-order valence-corrected chi connectivity index (χ0v) is 18.8. The summed E-state index contributed by atoms with van der Waals surface area (Å²) in [4.78, 5) is 16.5. The fourth-order valence-electron chi connectivity index (χ4n) is 3.77. The van der Waals surface area contributed by atoms with Crippen LogP contribution in [0.15, 0.2) is 85.2 Å². The van der Waals surface area contributed by atoms with Gasteiger partial charge in [0, 0.05) is 35.6 Å². The van der Waals surface area contributed by atoms with Gasteiger partial charge in [-0.3, -0.25) is 9.78 Å². The number of fused-ring (bicyclic) bond motifs is 1. The van der Waals surface area contributed by atoms with E-state index in [2.05, 4.69) is 51.7 Å². The van der Waals surface area contributed by atoms with Crippen LogP contribution in [0.1, 0.15) is 24.5 Å². The van der Waals surface area contributed by atoms with Gasteiger partial charge in [-0.15, -0.1) is 10.2 Å². The molecule has 5 aromatic rings. The smallest absolute Gasteiger partial charge is 0.224 e. The number of rotatable bonds is 7. The van der Waals surface area contributed by atoms with Crippen LogP contribution in [0.2, 0.25) is 0 Å². The Morgan fingerprint density at radius 2 is 1.56 bits per heavy atom. The van der Waals surface area contributed by atoms with E-state index in [-0.39, 0.29) is 5.91 Å². The van der Waals surface area contributed by atoms with Crippen LogP contribution >= 0.6 is 0 Å². The van der Waals surface area contributed by atoms with E-state index < -0.39 is 0 Å². The van der Waals surface area contributed by atoms with Crippen LogP contribution in [0.5, 0.6) is 0 Å². The topological polar surface area (TPSA) is 85.1 Å². The van der Waals surface area contributed by atoms with Crippen molar-refractivity contribution < 1.29 is 4.79 Å². The lowest BCUT2D eigenvalue weighted by Gasteiger charge is -2.08. The average Bonchev–Trinajstić information content (AvgIpc) is 3.32. The highest BCUT2D eigenvalue weighted by Crippen LogP contribution is 2.22. The van der Waals surface area contributed by atoms with Gasteiger partial charge in [0.25, 0.3) is 0 Å². The Balaban J connectivity index is 1.26. The van der Waals surface area contributed by atoms with E-state index in [4.69, 9.17) is 5.10 Å². The van der Waals surface area contributed by atoms with Crippen molar-refractivity contribution in [2.45, 2.75) is 26.2 Å². The van der Waals surface area contributed by atoms with Crippen LogP contribution in [-0.4, -0.2) is 30.7 Å². The summed E-state index contributed by atoms with van der Waals surface area (Å²) < 4.78 is 1.73. The van der Waals surface area contributed by atoms with E-state index in [0.29, 0.717) is 17.9 Å². The molecule has 0 saturated carbocycles. The van der Waals surface area contributed by atoms with Gasteiger partial charge in [-0.2, -0.15) is 9.61 Å². The average molecular weight is 449 g/mol. The molecule has 3 heterocycles. The summed E-state index contributed by atoms with van der Waals surface area (Å²) in [7, 11) is 0. The zero-order valence-electron chi connectivity index (χ0n) is 18.8. The van der Waals surface area contributed by atoms with Gasteiger partial charge in [-0.05, 0) is 60.4 Å². The molecule has 168 valence electrons. The molecular formula is C27H24N6O. The molecule has 0 aliphatic heterocycles. The molecule has 1 N–H and O–H groups in total. The first-order chi connectivity index (χ1) is 16.7. The fourth-order valence-corrected chi connectivity index (χ4v) is 3.77. The van der Waals surface area contributed by atoms with Crippen LogP contribution in [0, 0.1) is 0 Å². The lowest BCUT2D eigenvalue weighted by Crippen LogP contribution is -2.12. The van der Waals surface area contributed by atoms with E-state index in [0.717, 1.165) is 35.3 Å². The first-order valence-electron chi connectivity index (χ1n) is 11.3. The van der Waals surface area contributed by atoms with Crippen LogP contribution < -0.4 is 5.32 Å². The Morgan fingerprint density at radius 1 is 0.824 bits per heavy atom. The number of carbonyl (C=O) groups excluding carboxylic acids is 1. The van der Waals surface area contributed by atoms with Gasteiger partial charge in [0.05, 0.1) is 5.69 Å². The largest absolute Gasteiger partial charge is 0.326 e. The van der Waals surface area contributed by atoms with Crippen molar-refractivity contribution in [2.75, 3.05) is 5.32 Å². The molecule has 1 amide bonds. The number of pyridine rings is 1. The van der Waals surface area contributed by atoms with Crippen molar-refractivity contribution in [3.63, 3.8) is 0 Å². The molecule has 0 radical (unpaired) electrons. The highest BCUT2D eigenvalue weighted by molar-refractivity contribution is 5.91. The number of hydrogen-bond acceptors (Lipinski definition) is 5. The SMILES string of the molecule is CCc1ccc(CCC(=O)Nc2ccc(-c3ccc4nnc(-c5ccncc5)n4n3)cc2)cc1. The van der Waals surface area contributed by atoms with Crippen molar-refractivity contribution in [2.24, 2.45) is 0 Å². The van der Waals surface area contributed by atoms with E-state index >= 15 is 0 Å². The first kappa shape index (κ1) is 21.5. The van der Waals surface area contributed by atoms with Gasteiger partial charge in [-0.1, -0.05) is 43.3 Å². The molecule has 0 unspecified atom stereocenters. The molecular weight excluding hydrogens is 424 g/mol. The summed E-state index contributed by atoms with van der Waals surface area (Å²) in [5, 5.41) is 16.2. The maximum atomic E-state index is 12.4. The molecule has 0 spiro atoms. The lowest BCUT2D eigenvalue weighted by atomic mass is 10.1. The standard InChI is InChI=1S/C27H24N6O/c1-2-19-3-5-20(6-4-19)7-14-26(34)29-23-10-8-21(9-11-23)24-12-13-25-30-31-27(33(25)32-24)22-15-17-28-18-16-22/h3-6,8-13,15-18H,2,7,14H2,1H3,(H,29,34). The quantitative estimate of drug-likeness (QED) is 0.379. The van der Waals surface area contributed by atoms with E-state index in [1.54, 1.807) is 16.9 Å². The van der Waals surface area contributed by atoms with Crippen molar-refractivity contribution >= 4 is 17.2 Å².